The Morgan fingerprint density at radius 3 is 2.85 bits per heavy atom. The van der Waals surface area contributed by atoms with Crippen molar-refractivity contribution in [3.05, 3.63) is 24.0 Å². The fraction of sp³-hybridized carbons (Fsp3) is 0.500. The lowest BCUT2D eigenvalue weighted by Gasteiger charge is -2.19. The fourth-order valence-electron chi connectivity index (χ4n) is 1.83. The van der Waals surface area contributed by atoms with E-state index < -0.39 is 0 Å². The van der Waals surface area contributed by atoms with Crippen LogP contribution >= 0.6 is 0 Å². The Bertz CT molecular complexity index is 279. The second-order valence-electron chi connectivity index (χ2n) is 3.40. The van der Waals surface area contributed by atoms with Gasteiger partial charge in [-0.1, -0.05) is 0 Å². The van der Waals surface area contributed by atoms with Crippen LogP contribution in [0.2, 0.25) is 0 Å². The summed E-state index contributed by atoms with van der Waals surface area (Å²) in [6.45, 7) is 2.91. The fourth-order valence-corrected chi connectivity index (χ4v) is 1.83. The van der Waals surface area contributed by atoms with Gasteiger partial charge in [-0.2, -0.15) is 0 Å². The standard InChI is InChI=1S/C10H15N3/c11-7-9-3-4-12-8-10(9)13-5-1-2-6-13/h3-4,8H,1-2,5-7,11H2. The van der Waals surface area contributed by atoms with E-state index in [9.17, 15) is 0 Å². The first-order valence-electron chi connectivity index (χ1n) is 4.79. The van der Waals surface area contributed by atoms with Gasteiger partial charge in [0, 0.05) is 25.8 Å². The molecule has 0 unspecified atom stereocenters. The Morgan fingerprint density at radius 1 is 1.38 bits per heavy atom. The minimum Gasteiger partial charge on any atom is -0.370 e. The normalized spacial score (nSPS) is 16.5. The number of rotatable bonds is 2. The smallest absolute Gasteiger partial charge is 0.0598 e. The van der Waals surface area contributed by atoms with E-state index in [0.717, 1.165) is 13.1 Å². The number of pyridine rings is 1. The van der Waals surface area contributed by atoms with Gasteiger partial charge in [0.15, 0.2) is 0 Å². The minimum absolute atomic E-state index is 0.606. The molecule has 1 aliphatic rings. The van der Waals surface area contributed by atoms with Crippen LogP contribution in [0, 0.1) is 0 Å². The summed E-state index contributed by atoms with van der Waals surface area (Å²) in [5.41, 5.74) is 8.09. The molecular weight excluding hydrogens is 162 g/mol. The molecule has 0 aliphatic carbocycles. The molecule has 0 atom stereocenters. The molecule has 0 spiro atoms. The zero-order chi connectivity index (χ0) is 9.10. The molecule has 2 N–H and O–H groups in total. The zero-order valence-corrected chi connectivity index (χ0v) is 7.74. The molecule has 1 aliphatic heterocycles. The third kappa shape index (κ3) is 1.65. The molecule has 1 aromatic heterocycles. The van der Waals surface area contributed by atoms with Gasteiger partial charge in [-0.05, 0) is 24.5 Å². The van der Waals surface area contributed by atoms with Crippen molar-refractivity contribution in [2.45, 2.75) is 19.4 Å². The number of nitrogens with zero attached hydrogens (tertiary/aromatic N) is 2. The van der Waals surface area contributed by atoms with Crippen LogP contribution in [-0.4, -0.2) is 18.1 Å². The molecule has 1 saturated heterocycles. The average Bonchev–Trinajstić information content (AvgIpc) is 2.70. The van der Waals surface area contributed by atoms with E-state index in [1.807, 2.05) is 18.5 Å². The number of aromatic nitrogens is 1. The molecule has 13 heavy (non-hydrogen) atoms. The summed E-state index contributed by atoms with van der Waals surface area (Å²) in [5.74, 6) is 0. The summed E-state index contributed by atoms with van der Waals surface area (Å²) in [6.07, 6.45) is 6.31. The molecule has 2 rings (SSSR count). The Labute approximate surface area is 78.6 Å². The second kappa shape index (κ2) is 3.75. The largest absolute Gasteiger partial charge is 0.370 e. The summed E-state index contributed by atoms with van der Waals surface area (Å²) in [6, 6.07) is 2.01. The number of anilines is 1. The van der Waals surface area contributed by atoms with Gasteiger partial charge in [0.2, 0.25) is 0 Å². The topological polar surface area (TPSA) is 42.1 Å². The number of nitrogens with two attached hydrogens (primary N) is 1. The molecule has 1 aromatic rings. The maximum absolute atomic E-state index is 5.66. The first-order valence-corrected chi connectivity index (χ1v) is 4.79. The van der Waals surface area contributed by atoms with Gasteiger partial charge >= 0.3 is 0 Å². The summed E-state index contributed by atoms with van der Waals surface area (Å²) >= 11 is 0. The monoisotopic (exact) mass is 177 g/mol. The van der Waals surface area contributed by atoms with Gasteiger partial charge in [-0.3, -0.25) is 4.98 Å². The van der Waals surface area contributed by atoms with E-state index in [-0.39, 0.29) is 0 Å². The molecule has 0 saturated carbocycles. The van der Waals surface area contributed by atoms with Crippen LogP contribution in [0.4, 0.5) is 5.69 Å². The number of hydrogen-bond acceptors (Lipinski definition) is 3. The lowest BCUT2D eigenvalue weighted by atomic mass is 10.2. The van der Waals surface area contributed by atoms with Crippen LogP contribution in [0.25, 0.3) is 0 Å². The van der Waals surface area contributed by atoms with Crippen LogP contribution in [0.3, 0.4) is 0 Å². The Hall–Kier alpha value is -1.09. The van der Waals surface area contributed by atoms with Crippen molar-refractivity contribution in [2.75, 3.05) is 18.0 Å². The molecule has 1 fully saturated rings. The molecule has 0 amide bonds. The molecule has 3 heteroatoms. The third-order valence-electron chi connectivity index (χ3n) is 2.55. The van der Waals surface area contributed by atoms with Crippen molar-refractivity contribution in [1.82, 2.24) is 4.98 Å². The van der Waals surface area contributed by atoms with Crippen LogP contribution in [0.15, 0.2) is 18.5 Å². The van der Waals surface area contributed by atoms with Crippen LogP contribution in [-0.2, 0) is 6.54 Å². The van der Waals surface area contributed by atoms with Crippen molar-refractivity contribution in [2.24, 2.45) is 5.73 Å². The molecule has 70 valence electrons. The van der Waals surface area contributed by atoms with Crippen molar-refractivity contribution < 1.29 is 0 Å². The predicted molar refractivity (Wildman–Crippen MR) is 53.6 cm³/mol. The van der Waals surface area contributed by atoms with Crippen molar-refractivity contribution in [1.29, 1.82) is 0 Å². The average molecular weight is 177 g/mol. The first-order chi connectivity index (χ1) is 6.42. The Kier molecular flexibility index (Phi) is 2.45. The van der Waals surface area contributed by atoms with Crippen LogP contribution in [0.1, 0.15) is 18.4 Å². The molecule has 0 bridgehead atoms. The highest BCUT2D eigenvalue weighted by molar-refractivity contribution is 5.52. The molecule has 0 radical (unpaired) electrons. The van der Waals surface area contributed by atoms with Gasteiger partial charge in [-0.25, -0.2) is 0 Å². The highest BCUT2D eigenvalue weighted by atomic mass is 15.1. The van der Waals surface area contributed by atoms with E-state index >= 15 is 0 Å². The van der Waals surface area contributed by atoms with E-state index in [1.54, 1.807) is 0 Å². The summed E-state index contributed by atoms with van der Waals surface area (Å²) in [7, 11) is 0. The zero-order valence-electron chi connectivity index (χ0n) is 7.74. The van der Waals surface area contributed by atoms with Gasteiger partial charge in [0.1, 0.15) is 0 Å². The van der Waals surface area contributed by atoms with Crippen LogP contribution in [0.5, 0.6) is 0 Å². The summed E-state index contributed by atoms with van der Waals surface area (Å²) in [4.78, 5) is 6.51. The SMILES string of the molecule is NCc1ccncc1N1CCCC1. The lowest BCUT2D eigenvalue weighted by Crippen LogP contribution is -2.20. The Morgan fingerprint density at radius 2 is 2.15 bits per heavy atom. The van der Waals surface area contributed by atoms with Crippen molar-refractivity contribution >= 4 is 5.69 Å². The maximum atomic E-state index is 5.66. The van der Waals surface area contributed by atoms with E-state index in [4.69, 9.17) is 5.73 Å². The van der Waals surface area contributed by atoms with Crippen molar-refractivity contribution in [3.8, 4) is 0 Å². The second-order valence-corrected chi connectivity index (χ2v) is 3.40. The molecule has 2 heterocycles. The van der Waals surface area contributed by atoms with E-state index in [1.165, 1.54) is 24.1 Å². The Balaban J connectivity index is 2.26. The minimum atomic E-state index is 0.606. The third-order valence-corrected chi connectivity index (χ3v) is 2.55. The maximum Gasteiger partial charge on any atom is 0.0598 e. The highest BCUT2D eigenvalue weighted by Crippen LogP contribution is 2.22. The quantitative estimate of drug-likeness (QED) is 0.736. The highest BCUT2D eigenvalue weighted by Gasteiger charge is 2.14. The van der Waals surface area contributed by atoms with Crippen molar-refractivity contribution in [3.63, 3.8) is 0 Å². The first kappa shape index (κ1) is 8.51. The van der Waals surface area contributed by atoms with Gasteiger partial charge in [0.05, 0.1) is 11.9 Å². The van der Waals surface area contributed by atoms with Gasteiger partial charge < -0.3 is 10.6 Å². The summed E-state index contributed by atoms with van der Waals surface area (Å²) < 4.78 is 0. The van der Waals surface area contributed by atoms with Gasteiger partial charge in [-0.15, -0.1) is 0 Å². The molecule has 3 nitrogen and oxygen atoms in total. The van der Waals surface area contributed by atoms with E-state index in [2.05, 4.69) is 9.88 Å². The molecule has 0 aromatic carbocycles. The lowest BCUT2D eigenvalue weighted by molar-refractivity contribution is 0.931. The van der Waals surface area contributed by atoms with Crippen LogP contribution < -0.4 is 10.6 Å². The number of hydrogen-bond donors (Lipinski definition) is 1. The van der Waals surface area contributed by atoms with Gasteiger partial charge in [0.25, 0.3) is 0 Å². The van der Waals surface area contributed by atoms with E-state index in [0.29, 0.717) is 6.54 Å². The summed E-state index contributed by atoms with van der Waals surface area (Å²) in [5, 5.41) is 0. The predicted octanol–water partition coefficient (Wildman–Crippen LogP) is 1.14. The molecular formula is C10H15N3.